The molecule has 0 saturated heterocycles. The van der Waals surface area contributed by atoms with Gasteiger partial charge in [0.2, 0.25) is 0 Å². The number of nitrogens with zero attached hydrogens (tertiary/aromatic N) is 2. The van der Waals surface area contributed by atoms with Crippen LogP contribution < -0.4 is 10.6 Å². The lowest BCUT2D eigenvalue weighted by Gasteiger charge is -2.08. The van der Waals surface area contributed by atoms with Crippen LogP contribution in [0.3, 0.4) is 0 Å². The average Bonchev–Trinajstić information content (AvgIpc) is 3.33. The van der Waals surface area contributed by atoms with Crippen molar-refractivity contribution < 1.29 is 0 Å². The lowest BCUT2D eigenvalue weighted by molar-refractivity contribution is 1.17. The standard InChI is InChI=1S/C18H18N4S3/c1-5-15(6-2-13(1)21-17-19-9-11-23-17)25-16-7-3-14(4-8-16)22-18-20-10-12-24-18/h1-8H,9-12H2,(H,19,21)(H,20,22). The fourth-order valence-electron chi connectivity index (χ4n) is 2.42. The lowest BCUT2D eigenvalue weighted by Crippen LogP contribution is -2.04. The lowest BCUT2D eigenvalue weighted by atomic mass is 10.3. The first kappa shape index (κ1) is 16.9. The number of benzene rings is 2. The highest BCUT2D eigenvalue weighted by molar-refractivity contribution is 8.14. The SMILES string of the molecule is c1cc(Sc2ccc(NC3=NCCS3)cc2)ccc1NC1=NCCS1. The van der Waals surface area contributed by atoms with Crippen molar-refractivity contribution in [3.8, 4) is 0 Å². The van der Waals surface area contributed by atoms with E-state index in [2.05, 4.69) is 69.1 Å². The summed E-state index contributed by atoms with van der Waals surface area (Å²) in [5, 5.41) is 8.76. The van der Waals surface area contributed by atoms with Crippen LogP contribution in [-0.4, -0.2) is 34.9 Å². The van der Waals surface area contributed by atoms with E-state index in [1.54, 1.807) is 35.3 Å². The number of nitrogens with one attached hydrogen (secondary N) is 2. The molecule has 128 valence electrons. The van der Waals surface area contributed by atoms with Crippen LogP contribution in [0, 0.1) is 0 Å². The Labute approximate surface area is 160 Å². The summed E-state index contributed by atoms with van der Waals surface area (Å²) in [6, 6.07) is 17.0. The maximum atomic E-state index is 4.41. The first-order valence-electron chi connectivity index (χ1n) is 8.12. The summed E-state index contributed by atoms with van der Waals surface area (Å²) in [6.45, 7) is 1.83. The number of amidine groups is 2. The molecule has 2 N–H and O–H groups in total. The Morgan fingerprint density at radius 3 is 1.48 bits per heavy atom. The summed E-state index contributed by atoms with van der Waals surface area (Å²) in [5.41, 5.74) is 2.18. The summed E-state index contributed by atoms with van der Waals surface area (Å²) >= 11 is 5.31. The van der Waals surface area contributed by atoms with E-state index < -0.39 is 0 Å². The number of thioether (sulfide) groups is 2. The van der Waals surface area contributed by atoms with Gasteiger partial charge in [-0.3, -0.25) is 9.98 Å². The normalized spacial score (nSPS) is 16.5. The molecule has 0 spiro atoms. The van der Waals surface area contributed by atoms with Crippen molar-refractivity contribution in [3.63, 3.8) is 0 Å². The minimum Gasteiger partial charge on any atom is -0.335 e. The summed E-state index contributed by atoms with van der Waals surface area (Å²) in [4.78, 5) is 11.3. The molecular formula is C18H18N4S3. The topological polar surface area (TPSA) is 48.8 Å². The minimum atomic E-state index is 0.915. The molecule has 0 radical (unpaired) electrons. The quantitative estimate of drug-likeness (QED) is 0.785. The maximum Gasteiger partial charge on any atom is 0.161 e. The van der Waals surface area contributed by atoms with Gasteiger partial charge in [-0.25, -0.2) is 0 Å². The molecule has 0 aliphatic carbocycles. The molecule has 0 bridgehead atoms. The summed E-state index contributed by atoms with van der Waals surface area (Å²) < 4.78 is 0. The highest BCUT2D eigenvalue weighted by Gasteiger charge is 2.08. The second kappa shape index (κ2) is 8.21. The average molecular weight is 387 g/mol. The first-order chi connectivity index (χ1) is 12.3. The Bertz CT molecular complexity index is 717. The van der Waals surface area contributed by atoms with Gasteiger partial charge >= 0.3 is 0 Å². The van der Waals surface area contributed by atoms with E-state index in [1.807, 2.05) is 0 Å². The number of aliphatic imine (C=N–C) groups is 2. The van der Waals surface area contributed by atoms with Crippen molar-refractivity contribution in [2.24, 2.45) is 9.98 Å². The van der Waals surface area contributed by atoms with Gasteiger partial charge in [-0.15, -0.1) is 0 Å². The molecule has 2 aromatic carbocycles. The second-order valence-corrected chi connectivity index (χ2v) is 8.79. The van der Waals surface area contributed by atoms with Crippen molar-refractivity contribution in [1.82, 2.24) is 0 Å². The largest absolute Gasteiger partial charge is 0.335 e. The van der Waals surface area contributed by atoms with Crippen LogP contribution in [-0.2, 0) is 0 Å². The zero-order valence-electron chi connectivity index (χ0n) is 13.6. The van der Waals surface area contributed by atoms with Crippen molar-refractivity contribution in [2.75, 3.05) is 35.2 Å². The van der Waals surface area contributed by atoms with Gasteiger partial charge in [0.15, 0.2) is 10.3 Å². The minimum absolute atomic E-state index is 0.915. The first-order valence-corrected chi connectivity index (χ1v) is 10.9. The van der Waals surface area contributed by atoms with E-state index >= 15 is 0 Å². The highest BCUT2D eigenvalue weighted by Crippen LogP contribution is 2.30. The predicted molar refractivity (Wildman–Crippen MR) is 114 cm³/mol. The number of rotatable bonds is 4. The molecule has 2 aliphatic rings. The molecular weight excluding hydrogens is 368 g/mol. The van der Waals surface area contributed by atoms with Crippen molar-refractivity contribution in [3.05, 3.63) is 48.5 Å². The number of hydrogen-bond acceptors (Lipinski definition) is 7. The van der Waals surface area contributed by atoms with Gasteiger partial charge in [0.1, 0.15) is 0 Å². The fourth-order valence-corrected chi connectivity index (χ4v) is 4.73. The van der Waals surface area contributed by atoms with E-state index in [0.29, 0.717) is 0 Å². The van der Waals surface area contributed by atoms with Crippen molar-refractivity contribution >= 4 is 57.0 Å². The van der Waals surface area contributed by atoms with Gasteiger partial charge in [0.05, 0.1) is 13.1 Å². The van der Waals surface area contributed by atoms with E-state index in [-0.39, 0.29) is 0 Å². The molecule has 0 amide bonds. The van der Waals surface area contributed by atoms with Crippen molar-refractivity contribution in [1.29, 1.82) is 0 Å². The van der Waals surface area contributed by atoms with Gasteiger partial charge in [0, 0.05) is 32.7 Å². The Hall–Kier alpha value is -1.57. The zero-order valence-corrected chi connectivity index (χ0v) is 16.0. The van der Waals surface area contributed by atoms with Gasteiger partial charge in [-0.2, -0.15) is 0 Å². The molecule has 2 heterocycles. The molecule has 25 heavy (non-hydrogen) atoms. The molecule has 0 unspecified atom stereocenters. The smallest absolute Gasteiger partial charge is 0.161 e. The maximum absolute atomic E-state index is 4.41. The predicted octanol–water partition coefficient (Wildman–Crippen LogP) is 4.87. The molecule has 4 nitrogen and oxygen atoms in total. The Balaban J connectivity index is 1.34. The molecule has 2 aliphatic heterocycles. The van der Waals surface area contributed by atoms with E-state index in [1.165, 1.54) is 9.79 Å². The molecule has 0 atom stereocenters. The van der Waals surface area contributed by atoms with Crippen LogP contribution in [0.5, 0.6) is 0 Å². The van der Waals surface area contributed by atoms with Gasteiger partial charge in [-0.05, 0) is 48.5 Å². The highest BCUT2D eigenvalue weighted by atomic mass is 32.2. The molecule has 2 aromatic rings. The molecule has 4 rings (SSSR count). The zero-order chi connectivity index (χ0) is 16.9. The van der Waals surface area contributed by atoms with Gasteiger partial charge in [0.25, 0.3) is 0 Å². The monoisotopic (exact) mass is 386 g/mol. The third-order valence-electron chi connectivity index (χ3n) is 3.62. The van der Waals surface area contributed by atoms with Crippen LogP contribution in [0.1, 0.15) is 0 Å². The fraction of sp³-hybridized carbons (Fsp3) is 0.222. The van der Waals surface area contributed by atoms with Gasteiger partial charge < -0.3 is 10.6 Å². The molecule has 0 saturated carbocycles. The number of anilines is 2. The van der Waals surface area contributed by atoms with E-state index in [4.69, 9.17) is 0 Å². The van der Waals surface area contributed by atoms with Crippen molar-refractivity contribution in [2.45, 2.75) is 9.79 Å². The summed E-state index contributed by atoms with van der Waals surface area (Å²) in [6.07, 6.45) is 0. The Morgan fingerprint density at radius 1 is 0.680 bits per heavy atom. The summed E-state index contributed by atoms with van der Waals surface area (Å²) in [7, 11) is 0. The third-order valence-corrected chi connectivity index (χ3v) is 6.42. The second-order valence-electron chi connectivity index (χ2n) is 5.47. The molecule has 7 heteroatoms. The van der Waals surface area contributed by atoms with Crippen LogP contribution in [0.4, 0.5) is 11.4 Å². The van der Waals surface area contributed by atoms with Crippen LogP contribution in [0.25, 0.3) is 0 Å². The van der Waals surface area contributed by atoms with Crippen LogP contribution in [0.2, 0.25) is 0 Å². The van der Waals surface area contributed by atoms with Crippen LogP contribution >= 0.6 is 35.3 Å². The van der Waals surface area contributed by atoms with E-state index in [0.717, 1.165) is 46.3 Å². The number of hydrogen-bond donors (Lipinski definition) is 2. The molecule has 0 fully saturated rings. The Morgan fingerprint density at radius 2 is 1.12 bits per heavy atom. The van der Waals surface area contributed by atoms with E-state index in [9.17, 15) is 0 Å². The third kappa shape index (κ3) is 4.74. The van der Waals surface area contributed by atoms with Crippen LogP contribution in [0.15, 0.2) is 68.3 Å². The molecule has 0 aromatic heterocycles. The summed E-state index contributed by atoms with van der Waals surface area (Å²) in [5.74, 6) is 2.15. The Kier molecular flexibility index (Phi) is 5.54. The van der Waals surface area contributed by atoms with Gasteiger partial charge in [-0.1, -0.05) is 35.3 Å².